The first kappa shape index (κ1) is 18.4. The van der Waals surface area contributed by atoms with Gasteiger partial charge in [-0.15, -0.1) is 0 Å². The molecule has 0 aliphatic heterocycles. The van der Waals surface area contributed by atoms with E-state index in [1.165, 1.54) is 19.2 Å². The summed E-state index contributed by atoms with van der Waals surface area (Å²) in [4.78, 5) is 16.4. The van der Waals surface area contributed by atoms with Gasteiger partial charge in [0.05, 0.1) is 0 Å². The van der Waals surface area contributed by atoms with E-state index >= 15 is 0 Å². The average molecular weight is 381 g/mol. The maximum atomic E-state index is 12.7. The first-order valence-corrected chi connectivity index (χ1v) is 7.70. The lowest BCUT2D eigenvalue weighted by Gasteiger charge is -2.09. The number of carbonyl (C=O) groups is 1. The Bertz CT molecular complexity index is 980. The molecule has 0 spiro atoms. The lowest BCUT2D eigenvalue weighted by Crippen LogP contribution is -2.28. The maximum Gasteiger partial charge on any atom is 0.435 e. The number of carbonyl (C=O) groups excluding carboxylic acids is 1. The van der Waals surface area contributed by atoms with Crippen molar-refractivity contribution in [2.45, 2.75) is 19.1 Å². The van der Waals surface area contributed by atoms with Gasteiger partial charge in [-0.3, -0.25) is 9.48 Å². The molecule has 1 unspecified atom stereocenters. The van der Waals surface area contributed by atoms with Crippen molar-refractivity contribution in [2.75, 3.05) is 0 Å². The number of aromatic nitrogens is 4. The topological polar surface area (TPSA) is 106 Å². The van der Waals surface area contributed by atoms with Gasteiger partial charge in [0.25, 0.3) is 5.91 Å². The summed E-state index contributed by atoms with van der Waals surface area (Å²) >= 11 is 0. The molecule has 0 saturated carbocycles. The number of aryl methyl sites for hydroxylation is 1. The number of phenols is 1. The first-order valence-electron chi connectivity index (χ1n) is 7.70. The van der Waals surface area contributed by atoms with E-state index in [4.69, 9.17) is 4.52 Å². The molecule has 0 fully saturated rings. The molecule has 0 aliphatic carbocycles. The van der Waals surface area contributed by atoms with Crippen LogP contribution >= 0.6 is 0 Å². The van der Waals surface area contributed by atoms with E-state index in [1.807, 2.05) is 0 Å². The minimum atomic E-state index is -4.65. The minimum Gasteiger partial charge on any atom is -0.508 e. The molecular formula is C16H14F3N5O3. The van der Waals surface area contributed by atoms with Gasteiger partial charge in [0.1, 0.15) is 17.5 Å². The Morgan fingerprint density at radius 3 is 2.70 bits per heavy atom. The number of amides is 1. The van der Waals surface area contributed by atoms with Crippen LogP contribution in [0.5, 0.6) is 5.75 Å². The maximum absolute atomic E-state index is 12.7. The van der Waals surface area contributed by atoms with E-state index in [-0.39, 0.29) is 23.2 Å². The number of halogens is 3. The van der Waals surface area contributed by atoms with Crippen LogP contribution in [0, 0.1) is 0 Å². The fourth-order valence-electron chi connectivity index (χ4n) is 2.32. The Balaban J connectivity index is 1.75. The van der Waals surface area contributed by atoms with Gasteiger partial charge >= 0.3 is 6.18 Å². The number of benzene rings is 1. The van der Waals surface area contributed by atoms with Gasteiger partial charge in [0.2, 0.25) is 11.7 Å². The molecule has 11 heteroatoms. The second-order valence-electron chi connectivity index (χ2n) is 5.74. The second kappa shape index (κ2) is 6.74. The van der Waals surface area contributed by atoms with Crippen LogP contribution in [-0.2, 0) is 13.2 Å². The number of hydrogen-bond donors (Lipinski definition) is 2. The summed E-state index contributed by atoms with van der Waals surface area (Å²) in [5.74, 6) is -0.497. The van der Waals surface area contributed by atoms with E-state index in [0.29, 0.717) is 11.6 Å². The van der Waals surface area contributed by atoms with Gasteiger partial charge in [0.15, 0.2) is 5.69 Å². The van der Waals surface area contributed by atoms with Crippen molar-refractivity contribution in [3.05, 3.63) is 47.6 Å². The molecule has 2 aromatic heterocycles. The van der Waals surface area contributed by atoms with Gasteiger partial charge < -0.3 is 14.9 Å². The van der Waals surface area contributed by atoms with E-state index in [0.717, 1.165) is 4.68 Å². The van der Waals surface area contributed by atoms with Crippen molar-refractivity contribution in [2.24, 2.45) is 7.05 Å². The molecule has 142 valence electrons. The zero-order valence-corrected chi connectivity index (χ0v) is 14.2. The standard InChI is InChI=1S/C16H14F3N5O3/c1-8(15-21-13(23-27-15)9-4-3-5-10(25)6-9)20-14(26)11-7-12(16(17,18)19)22-24(11)2/h3-8,25H,1-2H3,(H,20,26). The van der Waals surface area contributed by atoms with E-state index in [1.54, 1.807) is 19.1 Å². The Morgan fingerprint density at radius 2 is 2.07 bits per heavy atom. The largest absolute Gasteiger partial charge is 0.508 e. The van der Waals surface area contributed by atoms with E-state index in [2.05, 4.69) is 20.6 Å². The Morgan fingerprint density at radius 1 is 1.33 bits per heavy atom. The minimum absolute atomic E-state index is 0.0249. The fourth-order valence-corrected chi connectivity index (χ4v) is 2.32. The molecule has 3 rings (SSSR count). The van der Waals surface area contributed by atoms with Gasteiger partial charge in [-0.2, -0.15) is 23.3 Å². The Labute approximate surface area is 150 Å². The van der Waals surface area contributed by atoms with Gasteiger partial charge in [-0.05, 0) is 19.1 Å². The van der Waals surface area contributed by atoms with Crippen molar-refractivity contribution in [3.8, 4) is 17.1 Å². The van der Waals surface area contributed by atoms with Crippen molar-refractivity contribution < 1.29 is 27.6 Å². The number of alkyl halides is 3. The molecule has 3 aromatic rings. The Hall–Kier alpha value is -3.37. The summed E-state index contributed by atoms with van der Waals surface area (Å²) in [5.41, 5.74) is -0.918. The molecule has 0 bridgehead atoms. The molecule has 1 aromatic carbocycles. The molecule has 2 heterocycles. The summed E-state index contributed by atoms with van der Waals surface area (Å²) in [6.07, 6.45) is -4.65. The zero-order valence-electron chi connectivity index (χ0n) is 14.2. The van der Waals surface area contributed by atoms with Crippen LogP contribution in [0.3, 0.4) is 0 Å². The van der Waals surface area contributed by atoms with Crippen LogP contribution in [0.1, 0.15) is 35.0 Å². The summed E-state index contributed by atoms with van der Waals surface area (Å²) in [5, 5.41) is 19.0. The van der Waals surface area contributed by atoms with Gasteiger partial charge in [0, 0.05) is 18.7 Å². The summed E-state index contributed by atoms with van der Waals surface area (Å²) < 4.78 is 44.0. The zero-order chi connectivity index (χ0) is 19.8. The molecule has 0 radical (unpaired) electrons. The third-order valence-corrected chi connectivity index (χ3v) is 3.67. The number of aromatic hydroxyl groups is 1. The third-order valence-electron chi connectivity index (χ3n) is 3.67. The van der Waals surface area contributed by atoms with Crippen LogP contribution in [0.15, 0.2) is 34.9 Å². The summed E-state index contributed by atoms with van der Waals surface area (Å²) in [7, 11) is 1.24. The second-order valence-corrected chi connectivity index (χ2v) is 5.74. The number of nitrogens with one attached hydrogen (secondary N) is 1. The molecule has 0 aliphatic rings. The van der Waals surface area contributed by atoms with E-state index in [9.17, 15) is 23.1 Å². The average Bonchev–Trinajstić information content (AvgIpc) is 3.21. The number of hydrogen-bond acceptors (Lipinski definition) is 6. The summed E-state index contributed by atoms with van der Waals surface area (Å²) in [6.45, 7) is 1.54. The normalized spacial score (nSPS) is 12.8. The predicted octanol–water partition coefficient (Wildman–Crippen LogP) is 2.69. The highest BCUT2D eigenvalue weighted by atomic mass is 19.4. The van der Waals surface area contributed by atoms with Gasteiger partial charge in [-0.1, -0.05) is 17.3 Å². The van der Waals surface area contributed by atoms with Crippen LogP contribution in [0.2, 0.25) is 0 Å². The quantitative estimate of drug-likeness (QED) is 0.720. The van der Waals surface area contributed by atoms with Crippen molar-refractivity contribution in [1.29, 1.82) is 0 Å². The highest BCUT2D eigenvalue weighted by Crippen LogP contribution is 2.28. The monoisotopic (exact) mass is 381 g/mol. The third kappa shape index (κ3) is 3.91. The molecule has 1 amide bonds. The number of rotatable bonds is 4. The highest BCUT2D eigenvalue weighted by Gasteiger charge is 2.35. The molecule has 1 atom stereocenters. The van der Waals surface area contributed by atoms with Crippen LogP contribution in [0.25, 0.3) is 11.4 Å². The van der Waals surface area contributed by atoms with Crippen LogP contribution < -0.4 is 5.32 Å². The molecule has 27 heavy (non-hydrogen) atoms. The lowest BCUT2D eigenvalue weighted by molar-refractivity contribution is -0.141. The van der Waals surface area contributed by atoms with Crippen LogP contribution in [0.4, 0.5) is 13.2 Å². The number of nitrogens with zero attached hydrogens (tertiary/aromatic N) is 4. The van der Waals surface area contributed by atoms with E-state index < -0.39 is 23.8 Å². The highest BCUT2D eigenvalue weighted by molar-refractivity contribution is 5.92. The SMILES string of the molecule is CC(NC(=O)c1cc(C(F)(F)F)nn1C)c1nc(-c2cccc(O)c2)no1. The first-order chi connectivity index (χ1) is 12.6. The van der Waals surface area contributed by atoms with Gasteiger partial charge in [-0.25, -0.2) is 0 Å². The molecular weight excluding hydrogens is 367 g/mol. The van der Waals surface area contributed by atoms with Crippen molar-refractivity contribution >= 4 is 5.91 Å². The molecule has 8 nitrogen and oxygen atoms in total. The van der Waals surface area contributed by atoms with Crippen molar-refractivity contribution in [3.63, 3.8) is 0 Å². The molecule has 0 saturated heterocycles. The fraction of sp³-hybridized carbons (Fsp3) is 0.250. The Kier molecular flexibility index (Phi) is 4.60. The lowest BCUT2D eigenvalue weighted by atomic mass is 10.2. The van der Waals surface area contributed by atoms with Crippen LogP contribution in [-0.4, -0.2) is 30.9 Å². The number of phenolic OH excluding ortho intramolecular Hbond substituents is 1. The predicted molar refractivity (Wildman–Crippen MR) is 85.5 cm³/mol. The smallest absolute Gasteiger partial charge is 0.435 e. The summed E-state index contributed by atoms with van der Waals surface area (Å²) in [6, 6.07) is 6.08. The van der Waals surface area contributed by atoms with Crippen molar-refractivity contribution in [1.82, 2.24) is 25.2 Å². The molecule has 2 N–H and O–H groups in total.